The highest BCUT2D eigenvalue weighted by atomic mass is 19.4. The van der Waals surface area contributed by atoms with Gasteiger partial charge in [0.1, 0.15) is 6.33 Å². The average molecular weight is 542 g/mol. The van der Waals surface area contributed by atoms with Crippen molar-refractivity contribution in [1.82, 2.24) is 24.7 Å². The number of halogens is 3. The summed E-state index contributed by atoms with van der Waals surface area (Å²) in [6.07, 6.45) is 0.666. The van der Waals surface area contributed by atoms with Crippen molar-refractivity contribution in [1.29, 1.82) is 0 Å². The van der Waals surface area contributed by atoms with Gasteiger partial charge in [-0.2, -0.15) is 13.2 Å². The van der Waals surface area contributed by atoms with E-state index in [9.17, 15) is 22.8 Å². The fourth-order valence-corrected chi connectivity index (χ4v) is 6.43. The summed E-state index contributed by atoms with van der Waals surface area (Å²) in [7, 11) is 0. The Kier molecular flexibility index (Phi) is 7.75. The van der Waals surface area contributed by atoms with Crippen molar-refractivity contribution < 1.29 is 22.8 Å². The molecule has 2 unspecified atom stereocenters. The van der Waals surface area contributed by atoms with E-state index in [-0.39, 0.29) is 30.8 Å². The number of rotatable bonds is 6. The molecule has 3 aliphatic heterocycles. The molecular formula is C29H34F3N5O2. The van der Waals surface area contributed by atoms with Crippen molar-refractivity contribution in [3.63, 3.8) is 0 Å². The summed E-state index contributed by atoms with van der Waals surface area (Å²) < 4.78 is 38.7. The molecule has 4 heterocycles. The van der Waals surface area contributed by atoms with Gasteiger partial charge in [-0.05, 0) is 62.6 Å². The fourth-order valence-electron chi connectivity index (χ4n) is 6.43. The minimum absolute atomic E-state index is 0.0569. The van der Waals surface area contributed by atoms with Crippen LogP contribution in [-0.2, 0) is 4.79 Å². The van der Waals surface area contributed by atoms with E-state index in [0.717, 1.165) is 31.0 Å². The highest BCUT2D eigenvalue weighted by molar-refractivity contribution is 5.97. The van der Waals surface area contributed by atoms with Crippen LogP contribution >= 0.6 is 0 Å². The van der Waals surface area contributed by atoms with Crippen LogP contribution in [-0.4, -0.2) is 81.9 Å². The largest absolute Gasteiger partial charge is 0.471 e. The van der Waals surface area contributed by atoms with Gasteiger partial charge in [-0.25, -0.2) is 9.97 Å². The van der Waals surface area contributed by atoms with Gasteiger partial charge in [0.25, 0.3) is 5.91 Å². The Labute approximate surface area is 226 Å². The van der Waals surface area contributed by atoms with E-state index in [2.05, 4.69) is 27.0 Å². The smallest absolute Gasteiger partial charge is 0.335 e. The van der Waals surface area contributed by atoms with Gasteiger partial charge in [-0.1, -0.05) is 30.3 Å². The Morgan fingerprint density at radius 3 is 2.31 bits per heavy atom. The highest BCUT2D eigenvalue weighted by Crippen LogP contribution is 2.38. The van der Waals surface area contributed by atoms with E-state index in [1.54, 1.807) is 4.90 Å². The van der Waals surface area contributed by atoms with Crippen LogP contribution in [0.25, 0.3) is 0 Å². The number of hydrogen-bond donors (Lipinski definition) is 0. The molecule has 0 N–H and O–H groups in total. The molecule has 10 heteroatoms. The van der Waals surface area contributed by atoms with Crippen LogP contribution in [0.2, 0.25) is 0 Å². The first-order valence-electron chi connectivity index (χ1n) is 13.5. The summed E-state index contributed by atoms with van der Waals surface area (Å²) in [6.45, 7) is 7.13. The Morgan fingerprint density at radius 2 is 1.69 bits per heavy atom. The monoisotopic (exact) mass is 541 g/mol. The number of amides is 2. The first-order chi connectivity index (χ1) is 18.6. The lowest BCUT2D eigenvalue weighted by molar-refractivity contribution is -0.186. The van der Waals surface area contributed by atoms with Gasteiger partial charge in [-0.3, -0.25) is 14.5 Å². The summed E-state index contributed by atoms with van der Waals surface area (Å²) in [5, 5.41) is 0. The van der Waals surface area contributed by atoms with Gasteiger partial charge >= 0.3 is 12.1 Å². The predicted molar refractivity (Wildman–Crippen MR) is 140 cm³/mol. The zero-order valence-corrected chi connectivity index (χ0v) is 22.3. The van der Waals surface area contributed by atoms with Crippen molar-refractivity contribution in [2.45, 2.75) is 45.2 Å². The number of likely N-dealkylation sites (tertiary alicyclic amines) is 2. The molecule has 0 radical (unpaired) electrons. The lowest BCUT2D eigenvalue weighted by atomic mass is 9.78. The number of alkyl halides is 3. The number of piperidine rings is 1. The SMILES string of the molecule is Cc1ncnc(C)c1C(=O)N1C=C2CN(CCC(c3ccccc3)C3CCN(C(=O)C(F)(F)F)CC3)CC2C1. The molecule has 2 amide bonds. The van der Waals surface area contributed by atoms with Gasteiger partial charge in [0.05, 0.1) is 17.0 Å². The fraction of sp³-hybridized carbons (Fsp3) is 0.517. The van der Waals surface area contributed by atoms with Crippen LogP contribution in [0.4, 0.5) is 13.2 Å². The summed E-state index contributed by atoms with van der Waals surface area (Å²) in [5.41, 5.74) is 4.39. The van der Waals surface area contributed by atoms with Gasteiger partial charge in [-0.15, -0.1) is 0 Å². The second kappa shape index (κ2) is 11.1. The summed E-state index contributed by atoms with van der Waals surface area (Å²) in [5.74, 6) is -1.05. The molecule has 2 atom stereocenters. The third-order valence-corrected chi connectivity index (χ3v) is 8.47. The van der Waals surface area contributed by atoms with Crippen molar-refractivity contribution in [2.24, 2.45) is 11.8 Å². The first-order valence-corrected chi connectivity index (χ1v) is 13.5. The van der Waals surface area contributed by atoms with Gasteiger partial charge in [0, 0.05) is 44.8 Å². The normalized spacial score (nSPS) is 21.2. The summed E-state index contributed by atoms with van der Waals surface area (Å²) in [6, 6.07) is 10.2. The van der Waals surface area contributed by atoms with Crippen LogP contribution in [0.15, 0.2) is 48.4 Å². The zero-order chi connectivity index (χ0) is 27.7. The topological polar surface area (TPSA) is 69.6 Å². The summed E-state index contributed by atoms with van der Waals surface area (Å²) >= 11 is 0. The van der Waals surface area contributed by atoms with Crippen LogP contribution < -0.4 is 0 Å². The Hall–Kier alpha value is -3.27. The van der Waals surface area contributed by atoms with E-state index < -0.39 is 12.1 Å². The lowest BCUT2D eigenvalue weighted by Gasteiger charge is -2.37. The molecule has 2 fully saturated rings. The van der Waals surface area contributed by atoms with Crippen LogP contribution in [0.1, 0.15) is 52.5 Å². The number of benzene rings is 1. The van der Waals surface area contributed by atoms with E-state index in [1.807, 2.05) is 38.2 Å². The van der Waals surface area contributed by atoms with Crippen molar-refractivity contribution in [3.05, 3.63) is 70.9 Å². The number of aryl methyl sites for hydroxylation is 2. The van der Waals surface area contributed by atoms with E-state index in [0.29, 0.717) is 42.3 Å². The third-order valence-electron chi connectivity index (χ3n) is 8.47. The maximum Gasteiger partial charge on any atom is 0.471 e. The number of nitrogens with zero attached hydrogens (tertiary/aromatic N) is 5. The molecule has 7 nitrogen and oxygen atoms in total. The predicted octanol–water partition coefficient (Wildman–Crippen LogP) is 4.34. The lowest BCUT2D eigenvalue weighted by Crippen LogP contribution is -2.46. The molecule has 0 saturated carbocycles. The van der Waals surface area contributed by atoms with Crippen molar-refractivity contribution in [3.8, 4) is 0 Å². The molecule has 1 aromatic heterocycles. The molecule has 208 valence electrons. The third kappa shape index (κ3) is 5.85. The molecule has 39 heavy (non-hydrogen) atoms. The molecule has 0 aliphatic carbocycles. The Morgan fingerprint density at radius 1 is 1.03 bits per heavy atom. The molecular weight excluding hydrogens is 507 g/mol. The Bertz CT molecular complexity index is 1220. The van der Waals surface area contributed by atoms with Crippen LogP contribution in [0, 0.1) is 25.7 Å². The molecule has 2 saturated heterocycles. The van der Waals surface area contributed by atoms with Crippen molar-refractivity contribution >= 4 is 11.8 Å². The van der Waals surface area contributed by atoms with Gasteiger partial charge in [0.2, 0.25) is 0 Å². The number of hydrogen-bond acceptors (Lipinski definition) is 5. The maximum atomic E-state index is 13.2. The summed E-state index contributed by atoms with van der Waals surface area (Å²) in [4.78, 5) is 38.4. The first kappa shape index (κ1) is 27.3. The van der Waals surface area contributed by atoms with Crippen LogP contribution in [0.5, 0.6) is 0 Å². The molecule has 1 aromatic carbocycles. The number of aromatic nitrogens is 2. The van der Waals surface area contributed by atoms with Gasteiger partial charge in [0.15, 0.2) is 0 Å². The molecule has 0 spiro atoms. The number of carbonyl (C=O) groups excluding carboxylic acids is 2. The molecule has 0 bridgehead atoms. The maximum absolute atomic E-state index is 13.2. The van der Waals surface area contributed by atoms with E-state index in [1.165, 1.54) is 17.5 Å². The van der Waals surface area contributed by atoms with Crippen molar-refractivity contribution in [2.75, 3.05) is 39.3 Å². The minimum atomic E-state index is -4.82. The second-order valence-electron chi connectivity index (χ2n) is 10.9. The van der Waals surface area contributed by atoms with E-state index in [4.69, 9.17) is 0 Å². The number of carbonyl (C=O) groups is 2. The molecule has 2 aromatic rings. The minimum Gasteiger partial charge on any atom is -0.335 e. The van der Waals surface area contributed by atoms with Crippen LogP contribution in [0.3, 0.4) is 0 Å². The standard InChI is InChI=1S/C29H34F3N5O2/c1-19-26(20(2)34-18-33-19)27(38)37-16-23-14-35(15-24(23)17-37)11-10-25(21-6-4-3-5-7-21)22-8-12-36(13-9-22)28(39)29(30,31)32/h3-7,16,18,22,24-25H,8-15,17H2,1-2H3. The highest BCUT2D eigenvalue weighted by Gasteiger charge is 2.44. The van der Waals surface area contributed by atoms with E-state index >= 15 is 0 Å². The number of fused-ring (bicyclic) bond motifs is 1. The second-order valence-corrected chi connectivity index (χ2v) is 10.9. The zero-order valence-electron chi connectivity index (χ0n) is 22.3. The average Bonchev–Trinajstić information content (AvgIpc) is 3.48. The van der Waals surface area contributed by atoms with Gasteiger partial charge < -0.3 is 9.80 Å². The molecule has 5 rings (SSSR count). The quantitative estimate of drug-likeness (QED) is 0.544. The molecule has 3 aliphatic rings. The Balaban J connectivity index is 1.20.